The zero-order valence-electron chi connectivity index (χ0n) is 4.73. The largest absolute Gasteiger partial charge is 0.109 e. The number of rotatable bonds is 2. The molecule has 0 saturated heterocycles. The molecule has 0 bridgehead atoms. The average molecular weight is 103 g/mol. The molecule has 0 saturated carbocycles. The summed E-state index contributed by atoms with van der Waals surface area (Å²) in [5, 5.41) is 0. The average Bonchev–Trinajstić information content (AvgIpc) is 1.35. The van der Waals surface area contributed by atoms with Gasteiger partial charge in [0.2, 0.25) is 0 Å². The summed E-state index contributed by atoms with van der Waals surface area (Å²) < 4.78 is 0. The van der Waals surface area contributed by atoms with Crippen LogP contribution in [0.3, 0.4) is 0 Å². The van der Waals surface area contributed by atoms with E-state index in [9.17, 15) is 0 Å². The van der Waals surface area contributed by atoms with Gasteiger partial charge < -0.3 is 0 Å². The lowest BCUT2D eigenvalue weighted by Crippen LogP contribution is -1.64. The minimum absolute atomic E-state index is 0.274. The van der Waals surface area contributed by atoms with E-state index < -0.39 is 0 Å². The van der Waals surface area contributed by atoms with Crippen LogP contribution in [0.15, 0.2) is 0 Å². The van der Waals surface area contributed by atoms with E-state index in [1.807, 2.05) is 0 Å². The van der Waals surface area contributed by atoms with Gasteiger partial charge in [-0.2, -0.15) is 0 Å². The summed E-state index contributed by atoms with van der Waals surface area (Å²) in [4.78, 5) is 0. The van der Waals surface area contributed by atoms with Gasteiger partial charge in [-0.3, -0.25) is 0 Å². The molecule has 0 aliphatic carbocycles. The van der Waals surface area contributed by atoms with Gasteiger partial charge in [-0.15, -0.1) is 7.92 Å². The number of hydrogen-bond donors (Lipinski definition) is 0. The van der Waals surface area contributed by atoms with Gasteiger partial charge in [0, 0.05) is 0 Å². The Morgan fingerprint density at radius 1 is 1.50 bits per heavy atom. The van der Waals surface area contributed by atoms with Gasteiger partial charge in [-0.05, 0) is 25.9 Å². The van der Waals surface area contributed by atoms with Crippen LogP contribution >= 0.6 is 7.92 Å². The van der Waals surface area contributed by atoms with Crippen molar-refractivity contribution in [1.29, 1.82) is 0 Å². The van der Waals surface area contributed by atoms with Crippen LogP contribution in [0.2, 0.25) is 0 Å². The molecule has 1 heteroatoms. The van der Waals surface area contributed by atoms with E-state index in [0.717, 1.165) is 0 Å². The third-order valence-corrected chi connectivity index (χ3v) is 1.64. The molecule has 0 fully saturated rings. The topological polar surface area (TPSA) is 0 Å². The lowest BCUT2D eigenvalue weighted by atomic mass is 10.6. The summed E-state index contributed by atoms with van der Waals surface area (Å²) in [6.07, 6.45) is 3.59. The maximum absolute atomic E-state index is 2.36. The first kappa shape index (κ1) is 6.43. The Labute approximate surface area is 41.7 Å². The predicted octanol–water partition coefficient (Wildman–Crippen LogP) is 2.30. The van der Waals surface area contributed by atoms with E-state index in [1.54, 1.807) is 0 Å². The van der Waals surface area contributed by atoms with Gasteiger partial charge in [-0.1, -0.05) is 6.92 Å². The quantitative estimate of drug-likeness (QED) is 0.470. The molecule has 1 radical (unpaired) electrons. The Hall–Kier alpha value is 0.430. The van der Waals surface area contributed by atoms with Crippen LogP contribution in [0.5, 0.6) is 0 Å². The fourth-order valence-corrected chi connectivity index (χ4v) is 1.10. The highest BCUT2D eigenvalue weighted by Crippen LogP contribution is 2.29. The molecule has 0 aromatic rings. The van der Waals surface area contributed by atoms with E-state index >= 15 is 0 Å². The summed E-state index contributed by atoms with van der Waals surface area (Å²) in [6.45, 7) is 6.71. The van der Waals surface area contributed by atoms with Crippen LogP contribution in [0.1, 0.15) is 13.3 Å². The van der Waals surface area contributed by atoms with E-state index in [1.165, 1.54) is 6.42 Å². The van der Waals surface area contributed by atoms with Crippen molar-refractivity contribution in [3.63, 3.8) is 0 Å². The maximum Gasteiger partial charge on any atom is -0.0149 e. The third-order valence-electron chi connectivity index (χ3n) is 0.548. The van der Waals surface area contributed by atoms with Crippen LogP contribution in [0.25, 0.3) is 0 Å². The van der Waals surface area contributed by atoms with Crippen molar-refractivity contribution in [2.24, 2.45) is 0 Å². The molecule has 0 N–H and O–H groups in total. The monoisotopic (exact) mass is 103 g/mol. The molecule has 0 rings (SSSR count). The fraction of sp³-hybridized carbons (Fsp3) is 0.800. The van der Waals surface area contributed by atoms with Gasteiger partial charge in [0.1, 0.15) is 0 Å². The smallest absolute Gasteiger partial charge is 0.0149 e. The molecular formula is C5H12P. The van der Waals surface area contributed by atoms with E-state index in [2.05, 4.69) is 26.4 Å². The lowest BCUT2D eigenvalue weighted by molar-refractivity contribution is 1.19. The molecule has 37 valence electrons. The second kappa shape index (κ2) is 3.61. The second-order valence-corrected chi connectivity index (χ2v) is 3.85. The highest BCUT2D eigenvalue weighted by molar-refractivity contribution is 7.58. The molecule has 0 nitrogen and oxygen atoms in total. The maximum atomic E-state index is 2.36. The minimum Gasteiger partial charge on any atom is -0.109 e. The standard InChI is InChI=1S/C5H12P/c1-4-5-6(2)3/h5H,4H2,1-3H3. The van der Waals surface area contributed by atoms with E-state index in [-0.39, 0.29) is 7.92 Å². The zero-order chi connectivity index (χ0) is 4.99. The van der Waals surface area contributed by atoms with Crippen molar-refractivity contribution in [3.8, 4) is 0 Å². The molecule has 0 atom stereocenters. The molecule has 0 unspecified atom stereocenters. The molecule has 0 heterocycles. The number of hydrogen-bond acceptors (Lipinski definition) is 0. The third kappa shape index (κ3) is 4.43. The summed E-state index contributed by atoms with van der Waals surface area (Å²) in [5.74, 6) is 0. The van der Waals surface area contributed by atoms with Crippen molar-refractivity contribution in [2.45, 2.75) is 13.3 Å². The highest BCUT2D eigenvalue weighted by Gasteiger charge is 1.84. The molecule has 0 aromatic heterocycles. The van der Waals surface area contributed by atoms with Crippen molar-refractivity contribution in [3.05, 3.63) is 6.16 Å². The highest BCUT2D eigenvalue weighted by atomic mass is 31.1. The molecule has 0 spiro atoms. The van der Waals surface area contributed by atoms with E-state index in [4.69, 9.17) is 0 Å². The Morgan fingerprint density at radius 2 is 2.00 bits per heavy atom. The predicted molar refractivity (Wildman–Crippen MR) is 33.4 cm³/mol. The van der Waals surface area contributed by atoms with Gasteiger partial charge >= 0.3 is 0 Å². The van der Waals surface area contributed by atoms with Crippen LogP contribution in [-0.4, -0.2) is 13.3 Å². The summed E-state index contributed by atoms with van der Waals surface area (Å²) in [6, 6.07) is 0. The van der Waals surface area contributed by atoms with Crippen LogP contribution < -0.4 is 0 Å². The first-order valence-corrected chi connectivity index (χ1v) is 4.57. The van der Waals surface area contributed by atoms with Crippen molar-refractivity contribution < 1.29 is 0 Å². The molecule has 0 aliphatic rings. The first-order chi connectivity index (χ1) is 2.77. The van der Waals surface area contributed by atoms with Crippen LogP contribution in [-0.2, 0) is 0 Å². The second-order valence-electron chi connectivity index (χ2n) is 1.55. The van der Waals surface area contributed by atoms with Gasteiger partial charge in [0.25, 0.3) is 0 Å². The van der Waals surface area contributed by atoms with Crippen LogP contribution in [0.4, 0.5) is 0 Å². The fourth-order valence-electron chi connectivity index (χ4n) is 0.365. The molecule has 0 aromatic carbocycles. The van der Waals surface area contributed by atoms with Crippen LogP contribution in [0, 0.1) is 6.16 Å². The van der Waals surface area contributed by atoms with Crippen molar-refractivity contribution >= 4 is 7.92 Å². The summed E-state index contributed by atoms with van der Waals surface area (Å²) in [7, 11) is 0.274. The summed E-state index contributed by atoms with van der Waals surface area (Å²) in [5.41, 5.74) is 0. The van der Waals surface area contributed by atoms with Crippen molar-refractivity contribution in [2.75, 3.05) is 13.3 Å². The zero-order valence-corrected chi connectivity index (χ0v) is 5.63. The normalized spacial score (nSPS) is 10.0. The molecule has 0 amide bonds. The first-order valence-electron chi connectivity index (χ1n) is 2.27. The molecule has 0 aliphatic heterocycles. The van der Waals surface area contributed by atoms with Gasteiger partial charge in [0.15, 0.2) is 0 Å². The minimum atomic E-state index is 0.274. The lowest BCUT2D eigenvalue weighted by Gasteiger charge is -1.96. The van der Waals surface area contributed by atoms with E-state index in [0.29, 0.717) is 0 Å². The van der Waals surface area contributed by atoms with Gasteiger partial charge in [0.05, 0.1) is 0 Å². The summed E-state index contributed by atoms with van der Waals surface area (Å²) >= 11 is 0. The SMILES string of the molecule is CC[CH]P(C)C. The Balaban J connectivity index is 2.63. The molecular weight excluding hydrogens is 91.0 g/mol. The Bertz CT molecular complexity index is 25.1. The Morgan fingerprint density at radius 3 is 2.00 bits per heavy atom. The van der Waals surface area contributed by atoms with Crippen molar-refractivity contribution in [1.82, 2.24) is 0 Å². The van der Waals surface area contributed by atoms with Gasteiger partial charge in [-0.25, -0.2) is 0 Å². The Kier molecular flexibility index (Phi) is 3.87. The molecule has 6 heavy (non-hydrogen) atoms.